The molecule has 2 aliphatic heterocycles. The summed E-state index contributed by atoms with van der Waals surface area (Å²) < 4.78 is 12.8. The van der Waals surface area contributed by atoms with Crippen molar-refractivity contribution in [2.75, 3.05) is 19.7 Å². The molecule has 0 spiro atoms. The van der Waals surface area contributed by atoms with Gasteiger partial charge in [-0.2, -0.15) is 5.10 Å². The van der Waals surface area contributed by atoms with E-state index in [2.05, 4.69) is 48.0 Å². The van der Waals surface area contributed by atoms with E-state index in [0.29, 0.717) is 12.6 Å². The Bertz CT molecular complexity index is 1460. The van der Waals surface area contributed by atoms with Gasteiger partial charge in [-0.25, -0.2) is 0 Å². The highest BCUT2D eigenvalue weighted by Gasteiger charge is 2.31. The summed E-state index contributed by atoms with van der Waals surface area (Å²) in [5.41, 5.74) is 6.10. The number of benzene rings is 3. The summed E-state index contributed by atoms with van der Waals surface area (Å²) in [6.07, 6.45) is 2.79. The van der Waals surface area contributed by atoms with Crippen molar-refractivity contribution in [2.45, 2.75) is 39.3 Å². The molecule has 0 radical (unpaired) electrons. The standard InChI is InChI=1S/C31H33N3O3/c1-19-13-14-34(17-19)20(2)18-36-25-9-7-22(8-10-25)31-29(23-5-4-6-24(35)15-23)21(3)30-26-16-32-33-27(26)11-12-28(30)37-31/h4-12,15-16,19-20,31,35H,13-14,17-18H2,1-3H3,(H,32,33). The fraction of sp³-hybridized carbons (Fsp3) is 0.323. The molecule has 0 saturated carbocycles. The summed E-state index contributed by atoms with van der Waals surface area (Å²) in [6.45, 7) is 9.66. The van der Waals surface area contributed by atoms with Crippen LogP contribution in [0.4, 0.5) is 0 Å². The van der Waals surface area contributed by atoms with Gasteiger partial charge in [-0.05, 0) is 85.8 Å². The van der Waals surface area contributed by atoms with Crippen LogP contribution in [0, 0.1) is 5.92 Å². The molecule has 6 nitrogen and oxygen atoms in total. The van der Waals surface area contributed by atoms with Crippen LogP contribution in [0.15, 0.2) is 66.9 Å². The second kappa shape index (κ2) is 9.60. The first-order valence-electron chi connectivity index (χ1n) is 13.1. The number of likely N-dealkylation sites (tertiary alicyclic amines) is 1. The number of rotatable bonds is 6. The lowest BCUT2D eigenvalue weighted by atomic mass is 9.85. The van der Waals surface area contributed by atoms with Gasteiger partial charge < -0.3 is 14.6 Å². The minimum Gasteiger partial charge on any atom is -0.508 e. The van der Waals surface area contributed by atoms with E-state index < -0.39 is 0 Å². The van der Waals surface area contributed by atoms with E-state index in [4.69, 9.17) is 9.47 Å². The molecule has 0 amide bonds. The summed E-state index contributed by atoms with van der Waals surface area (Å²) in [7, 11) is 0. The van der Waals surface area contributed by atoms with Crippen LogP contribution in [0.3, 0.4) is 0 Å². The van der Waals surface area contributed by atoms with Gasteiger partial charge in [0.2, 0.25) is 0 Å². The molecule has 4 aromatic rings. The van der Waals surface area contributed by atoms with E-state index in [9.17, 15) is 5.11 Å². The molecule has 3 unspecified atom stereocenters. The number of aromatic nitrogens is 2. The lowest BCUT2D eigenvalue weighted by Gasteiger charge is -2.31. The van der Waals surface area contributed by atoms with Gasteiger partial charge in [0.05, 0.1) is 11.7 Å². The highest BCUT2D eigenvalue weighted by atomic mass is 16.5. The topological polar surface area (TPSA) is 70.6 Å². The van der Waals surface area contributed by atoms with Crippen molar-refractivity contribution in [3.8, 4) is 17.2 Å². The van der Waals surface area contributed by atoms with Gasteiger partial charge in [-0.1, -0.05) is 31.2 Å². The zero-order chi connectivity index (χ0) is 25.5. The maximum atomic E-state index is 10.3. The molecule has 190 valence electrons. The first-order valence-corrected chi connectivity index (χ1v) is 13.1. The van der Waals surface area contributed by atoms with E-state index in [1.54, 1.807) is 12.1 Å². The van der Waals surface area contributed by atoms with Gasteiger partial charge in [0.25, 0.3) is 0 Å². The SMILES string of the molecule is CC1=C(c2cccc(O)c2)C(c2ccc(OCC(C)N3CCC(C)C3)cc2)Oc2ccc3[nH]ncc3c21. The average Bonchev–Trinajstić information content (AvgIpc) is 3.56. The lowest BCUT2D eigenvalue weighted by molar-refractivity contribution is 0.169. The predicted molar refractivity (Wildman–Crippen MR) is 147 cm³/mol. The Morgan fingerprint density at radius 2 is 2.00 bits per heavy atom. The van der Waals surface area contributed by atoms with E-state index in [1.807, 2.05) is 42.6 Å². The Balaban J connectivity index is 1.31. The second-order valence-corrected chi connectivity index (χ2v) is 10.5. The molecule has 2 N–H and O–H groups in total. The van der Waals surface area contributed by atoms with Crippen molar-refractivity contribution in [1.29, 1.82) is 0 Å². The number of aromatic hydroxyl groups is 1. The van der Waals surface area contributed by atoms with Crippen molar-refractivity contribution in [2.24, 2.45) is 5.92 Å². The Morgan fingerprint density at radius 3 is 2.76 bits per heavy atom. The second-order valence-electron chi connectivity index (χ2n) is 10.5. The fourth-order valence-corrected chi connectivity index (χ4v) is 5.71. The molecular formula is C31H33N3O3. The zero-order valence-electron chi connectivity index (χ0n) is 21.6. The minimum atomic E-state index is -0.322. The van der Waals surface area contributed by atoms with Gasteiger partial charge in [-0.15, -0.1) is 0 Å². The van der Waals surface area contributed by atoms with E-state index in [-0.39, 0.29) is 11.9 Å². The molecule has 1 saturated heterocycles. The molecule has 1 fully saturated rings. The summed E-state index contributed by atoms with van der Waals surface area (Å²) in [5.74, 6) is 2.69. The monoisotopic (exact) mass is 495 g/mol. The molecular weight excluding hydrogens is 462 g/mol. The number of H-pyrrole nitrogens is 1. The number of ether oxygens (including phenoxy) is 2. The molecule has 3 atom stereocenters. The fourth-order valence-electron chi connectivity index (χ4n) is 5.71. The third-order valence-corrected chi connectivity index (χ3v) is 7.78. The number of fused-ring (bicyclic) bond motifs is 3. The normalized spacial score (nSPS) is 20.6. The number of nitrogens with one attached hydrogen (secondary N) is 1. The summed E-state index contributed by atoms with van der Waals surface area (Å²) >= 11 is 0. The number of phenolic OH excluding ortho intramolecular Hbond substituents is 1. The molecule has 6 rings (SSSR count). The molecule has 3 aromatic carbocycles. The number of allylic oxidation sites excluding steroid dienone is 1. The van der Waals surface area contributed by atoms with Crippen molar-refractivity contribution in [1.82, 2.24) is 15.1 Å². The third-order valence-electron chi connectivity index (χ3n) is 7.78. The van der Waals surface area contributed by atoms with Gasteiger partial charge in [-0.3, -0.25) is 10.00 Å². The summed E-state index contributed by atoms with van der Waals surface area (Å²) in [6, 6.07) is 20.0. The maximum Gasteiger partial charge on any atom is 0.150 e. The van der Waals surface area contributed by atoms with Crippen LogP contribution in [0.5, 0.6) is 17.2 Å². The van der Waals surface area contributed by atoms with Gasteiger partial charge in [0, 0.05) is 29.1 Å². The Hall–Kier alpha value is -3.77. The Labute approximate surface area is 217 Å². The van der Waals surface area contributed by atoms with Crippen LogP contribution >= 0.6 is 0 Å². The molecule has 37 heavy (non-hydrogen) atoms. The lowest BCUT2D eigenvalue weighted by Crippen LogP contribution is -2.35. The van der Waals surface area contributed by atoms with Crippen LogP contribution in [0.1, 0.15) is 50.0 Å². The highest BCUT2D eigenvalue weighted by Crippen LogP contribution is 2.49. The largest absolute Gasteiger partial charge is 0.508 e. The number of hydrogen-bond acceptors (Lipinski definition) is 5. The van der Waals surface area contributed by atoms with Gasteiger partial charge in [0.1, 0.15) is 30.0 Å². The summed E-state index contributed by atoms with van der Waals surface area (Å²) in [4.78, 5) is 2.51. The van der Waals surface area contributed by atoms with Crippen LogP contribution in [-0.2, 0) is 0 Å². The number of aromatic amines is 1. The van der Waals surface area contributed by atoms with E-state index in [0.717, 1.165) is 69.2 Å². The third kappa shape index (κ3) is 4.46. The smallest absolute Gasteiger partial charge is 0.150 e. The first-order chi connectivity index (χ1) is 18.0. The molecule has 0 aliphatic carbocycles. The Kier molecular flexibility index (Phi) is 6.13. The predicted octanol–water partition coefficient (Wildman–Crippen LogP) is 6.44. The van der Waals surface area contributed by atoms with Crippen LogP contribution in [0.2, 0.25) is 0 Å². The zero-order valence-corrected chi connectivity index (χ0v) is 21.6. The first kappa shape index (κ1) is 23.6. The van der Waals surface area contributed by atoms with Crippen molar-refractivity contribution >= 4 is 22.0 Å². The quantitative estimate of drug-likeness (QED) is 0.322. The van der Waals surface area contributed by atoms with Gasteiger partial charge in [0.15, 0.2) is 0 Å². The van der Waals surface area contributed by atoms with Crippen LogP contribution < -0.4 is 9.47 Å². The van der Waals surface area contributed by atoms with Crippen molar-refractivity contribution in [3.05, 3.63) is 83.6 Å². The van der Waals surface area contributed by atoms with Crippen LogP contribution in [0.25, 0.3) is 22.0 Å². The minimum absolute atomic E-state index is 0.231. The Morgan fingerprint density at radius 1 is 1.16 bits per heavy atom. The van der Waals surface area contributed by atoms with Crippen molar-refractivity contribution in [3.63, 3.8) is 0 Å². The molecule has 3 heterocycles. The maximum absolute atomic E-state index is 10.3. The molecule has 1 aromatic heterocycles. The molecule has 6 heteroatoms. The number of nitrogens with zero attached hydrogens (tertiary/aromatic N) is 2. The van der Waals surface area contributed by atoms with Crippen molar-refractivity contribution < 1.29 is 14.6 Å². The van der Waals surface area contributed by atoms with Gasteiger partial charge >= 0.3 is 0 Å². The van der Waals surface area contributed by atoms with E-state index in [1.165, 1.54) is 6.42 Å². The van der Waals surface area contributed by atoms with E-state index >= 15 is 0 Å². The molecule has 2 aliphatic rings. The highest BCUT2D eigenvalue weighted by molar-refractivity contribution is 6.04. The summed E-state index contributed by atoms with van der Waals surface area (Å²) in [5, 5.41) is 18.6. The number of phenols is 1. The number of hydrogen-bond donors (Lipinski definition) is 2. The molecule has 0 bridgehead atoms. The van der Waals surface area contributed by atoms with Crippen LogP contribution in [-0.4, -0.2) is 45.9 Å². The average molecular weight is 496 g/mol.